The van der Waals surface area contributed by atoms with E-state index in [1.807, 2.05) is 42.5 Å². The Hall–Kier alpha value is -3.15. The van der Waals surface area contributed by atoms with Gasteiger partial charge in [0.05, 0.1) is 24.9 Å². The molecule has 0 spiro atoms. The van der Waals surface area contributed by atoms with Crippen LogP contribution in [-0.2, 0) is 16.1 Å². The SMILES string of the molecule is COc1ccc(C2=C(N3CCC(C)CC3)C(=O)N(Cc3ccccn3)C2=O)cc1. The molecule has 2 aliphatic rings. The van der Waals surface area contributed by atoms with Gasteiger partial charge in [0.2, 0.25) is 0 Å². The fourth-order valence-corrected chi connectivity index (χ4v) is 3.90. The molecule has 6 nitrogen and oxygen atoms in total. The maximum absolute atomic E-state index is 13.4. The Balaban J connectivity index is 1.72. The third kappa shape index (κ3) is 3.75. The molecule has 0 aliphatic carbocycles. The molecule has 0 radical (unpaired) electrons. The summed E-state index contributed by atoms with van der Waals surface area (Å²) in [6.07, 6.45) is 3.70. The molecule has 0 atom stereocenters. The van der Waals surface area contributed by atoms with Gasteiger partial charge in [-0.15, -0.1) is 0 Å². The second kappa shape index (κ2) is 8.07. The first-order valence-corrected chi connectivity index (χ1v) is 9.98. The van der Waals surface area contributed by atoms with Crippen LogP contribution in [0.4, 0.5) is 0 Å². The Kier molecular flexibility index (Phi) is 5.34. The Morgan fingerprint density at radius 3 is 2.38 bits per heavy atom. The van der Waals surface area contributed by atoms with E-state index in [0.29, 0.717) is 28.6 Å². The minimum atomic E-state index is -0.264. The van der Waals surface area contributed by atoms with Crippen molar-refractivity contribution in [3.8, 4) is 5.75 Å². The number of aromatic nitrogens is 1. The predicted molar refractivity (Wildman–Crippen MR) is 110 cm³/mol. The first-order valence-electron chi connectivity index (χ1n) is 9.98. The maximum Gasteiger partial charge on any atom is 0.278 e. The molecule has 0 saturated carbocycles. The van der Waals surface area contributed by atoms with Crippen LogP contribution in [0.3, 0.4) is 0 Å². The van der Waals surface area contributed by atoms with Crippen LogP contribution in [0.15, 0.2) is 54.4 Å². The van der Waals surface area contributed by atoms with Gasteiger partial charge in [-0.1, -0.05) is 25.1 Å². The standard InChI is InChI=1S/C23H25N3O3/c1-16-10-13-25(14-11-16)21-20(17-6-8-19(29-2)9-7-17)22(27)26(23(21)28)15-18-5-3-4-12-24-18/h3-9,12,16H,10-11,13-15H2,1-2H3. The van der Waals surface area contributed by atoms with Crippen LogP contribution in [0, 0.1) is 5.92 Å². The highest BCUT2D eigenvalue weighted by Crippen LogP contribution is 2.35. The molecule has 3 heterocycles. The molecule has 1 fully saturated rings. The molecule has 1 aromatic heterocycles. The van der Waals surface area contributed by atoms with E-state index in [2.05, 4.69) is 16.8 Å². The van der Waals surface area contributed by atoms with Crippen LogP contribution >= 0.6 is 0 Å². The lowest BCUT2D eigenvalue weighted by Crippen LogP contribution is -2.38. The smallest absolute Gasteiger partial charge is 0.278 e. The van der Waals surface area contributed by atoms with Crippen molar-refractivity contribution in [2.45, 2.75) is 26.3 Å². The van der Waals surface area contributed by atoms with E-state index in [1.54, 1.807) is 13.3 Å². The summed E-state index contributed by atoms with van der Waals surface area (Å²) in [5, 5.41) is 0. The molecule has 0 unspecified atom stereocenters. The number of carbonyl (C=O) groups excluding carboxylic acids is 2. The van der Waals surface area contributed by atoms with Crippen molar-refractivity contribution in [3.63, 3.8) is 0 Å². The van der Waals surface area contributed by atoms with Crippen molar-refractivity contribution in [2.24, 2.45) is 5.92 Å². The molecule has 4 rings (SSSR count). The predicted octanol–water partition coefficient (Wildman–Crippen LogP) is 3.10. The molecule has 2 aliphatic heterocycles. The largest absolute Gasteiger partial charge is 0.497 e. The van der Waals surface area contributed by atoms with Gasteiger partial charge >= 0.3 is 0 Å². The monoisotopic (exact) mass is 391 g/mol. The third-order valence-electron chi connectivity index (χ3n) is 5.67. The van der Waals surface area contributed by atoms with Gasteiger partial charge in [0, 0.05) is 19.3 Å². The van der Waals surface area contributed by atoms with Crippen molar-refractivity contribution in [1.29, 1.82) is 0 Å². The number of piperidine rings is 1. The van der Waals surface area contributed by atoms with Crippen LogP contribution in [-0.4, -0.2) is 46.8 Å². The second-order valence-electron chi connectivity index (χ2n) is 7.64. The summed E-state index contributed by atoms with van der Waals surface area (Å²) >= 11 is 0. The lowest BCUT2D eigenvalue weighted by Gasteiger charge is -2.32. The number of likely N-dealkylation sites (tertiary alicyclic amines) is 1. The Morgan fingerprint density at radius 2 is 1.76 bits per heavy atom. The van der Waals surface area contributed by atoms with E-state index < -0.39 is 0 Å². The fraction of sp³-hybridized carbons (Fsp3) is 0.348. The molecule has 6 heteroatoms. The second-order valence-corrected chi connectivity index (χ2v) is 7.64. The number of nitrogens with zero attached hydrogens (tertiary/aromatic N) is 3. The van der Waals surface area contributed by atoms with Crippen LogP contribution < -0.4 is 4.74 Å². The fourth-order valence-electron chi connectivity index (χ4n) is 3.90. The van der Waals surface area contributed by atoms with Gasteiger partial charge in [-0.25, -0.2) is 0 Å². The van der Waals surface area contributed by atoms with Crippen LogP contribution in [0.5, 0.6) is 5.75 Å². The molecule has 0 N–H and O–H groups in total. The van der Waals surface area contributed by atoms with E-state index >= 15 is 0 Å². The van der Waals surface area contributed by atoms with E-state index in [-0.39, 0.29) is 18.4 Å². The number of imide groups is 1. The van der Waals surface area contributed by atoms with Gasteiger partial charge in [-0.05, 0) is 48.6 Å². The number of hydrogen-bond donors (Lipinski definition) is 0. The first-order chi connectivity index (χ1) is 14.1. The van der Waals surface area contributed by atoms with E-state index in [0.717, 1.165) is 31.5 Å². The Morgan fingerprint density at radius 1 is 1.03 bits per heavy atom. The number of ether oxygens (including phenoxy) is 1. The Bertz CT molecular complexity index is 930. The summed E-state index contributed by atoms with van der Waals surface area (Å²) in [5.41, 5.74) is 2.42. The number of pyridine rings is 1. The molecule has 2 amide bonds. The van der Waals surface area contributed by atoms with E-state index in [9.17, 15) is 9.59 Å². The van der Waals surface area contributed by atoms with Crippen LogP contribution in [0.2, 0.25) is 0 Å². The lowest BCUT2D eigenvalue weighted by atomic mass is 9.97. The van der Waals surface area contributed by atoms with Crippen molar-refractivity contribution < 1.29 is 14.3 Å². The molecular formula is C23H25N3O3. The zero-order chi connectivity index (χ0) is 20.4. The molecule has 0 bridgehead atoms. The Labute approximate surface area is 170 Å². The summed E-state index contributed by atoms with van der Waals surface area (Å²) in [5.74, 6) is 0.846. The highest BCUT2D eigenvalue weighted by Gasteiger charge is 2.42. The number of methoxy groups -OCH3 is 1. The minimum absolute atomic E-state index is 0.173. The van der Waals surface area contributed by atoms with E-state index in [4.69, 9.17) is 4.74 Å². The zero-order valence-electron chi connectivity index (χ0n) is 16.8. The van der Waals surface area contributed by atoms with Crippen molar-refractivity contribution in [3.05, 3.63) is 65.6 Å². The molecule has 150 valence electrons. The molecule has 2 aromatic rings. The topological polar surface area (TPSA) is 62.7 Å². The zero-order valence-corrected chi connectivity index (χ0v) is 16.8. The number of rotatable bonds is 5. The molecular weight excluding hydrogens is 366 g/mol. The summed E-state index contributed by atoms with van der Waals surface area (Å²) < 4.78 is 5.24. The highest BCUT2D eigenvalue weighted by atomic mass is 16.5. The lowest BCUT2D eigenvalue weighted by molar-refractivity contribution is -0.138. The van der Waals surface area contributed by atoms with Gasteiger partial charge in [-0.3, -0.25) is 19.5 Å². The maximum atomic E-state index is 13.4. The van der Waals surface area contributed by atoms with Gasteiger partial charge < -0.3 is 9.64 Å². The number of carbonyl (C=O) groups is 2. The number of benzene rings is 1. The number of hydrogen-bond acceptors (Lipinski definition) is 5. The quantitative estimate of drug-likeness (QED) is 0.733. The van der Waals surface area contributed by atoms with Crippen LogP contribution in [0.1, 0.15) is 31.0 Å². The van der Waals surface area contributed by atoms with Gasteiger partial charge in [0.1, 0.15) is 11.4 Å². The highest BCUT2D eigenvalue weighted by molar-refractivity contribution is 6.35. The van der Waals surface area contributed by atoms with Crippen LogP contribution in [0.25, 0.3) is 5.57 Å². The third-order valence-corrected chi connectivity index (χ3v) is 5.67. The van der Waals surface area contributed by atoms with Crippen molar-refractivity contribution in [1.82, 2.24) is 14.8 Å². The van der Waals surface area contributed by atoms with Crippen molar-refractivity contribution in [2.75, 3.05) is 20.2 Å². The minimum Gasteiger partial charge on any atom is -0.497 e. The average molecular weight is 391 g/mol. The summed E-state index contributed by atoms with van der Waals surface area (Å²) in [7, 11) is 1.60. The first kappa shape index (κ1) is 19.2. The normalized spacial score (nSPS) is 18.0. The summed E-state index contributed by atoms with van der Waals surface area (Å²) in [4.78, 5) is 34.4. The van der Waals surface area contributed by atoms with Gasteiger partial charge in [0.25, 0.3) is 11.8 Å². The molecule has 1 saturated heterocycles. The van der Waals surface area contributed by atoms with E-state index in [1.165, 1.54) is 4.90 Å². The molecule has 29 heavy (non-hydrogen) atoms. The summed E-state index contributed by atoms with van der Waals surface area (Å²) in [6.45, 7) is 3.97. The van der Waals surface area contributed by atoms with Gasteiger partial charge in [-0.2, -0.15) is 0 Å². The molecule has 1 aromatic carbocycles. The average Bonchev–Trinajstić information content (AvgIpc) is 3.00. The van der Waals surface area contributed by atoms with Gasteiger partial charge in [0.15, 0.2) is 0 Å². The number of amides is 2. The summed E-state index contributed by atoms with van der Waals surface area (Å²) in [6, 6.07) is 12.8. The van der Waals surface area contributed by atoms with Crippen molar-refractivity contribution >= 4 is 17.4 Å².